The average Bonchev–Trinajstić information content (AvgIpc) is 2.89. The smallest absolute Gasteiger partial charge is 0.260 e. The van der Waals surface area contributed by atoms with Gasteiger partial charge in [0.1, 0.15) is 5.71 Å². The lowest BCUT2D eigenvalue weighted by Crippen LogP contribution is -2.34. The number of benzene rings is 2. The second kappa shape index (κ2) is 6.65. The largest absolute Gasteiger partial charge is 0.385 e. The van der Waals surface area contributed by atoms with E-state index in [0.29, 0.717) is 0 Å². The number of rotatable bonds is 5. The van der Waals surface area contributed by atoms with Gasteiger partial charge in [-0.1, -0.05) is 60.6 Å². The van der Waals surface area contributed by atoms with Crippen LogP contribution in [0.2, 0.25) is 0 Å². The van der Waals surface area contributed by atoms with Crippen LogP contribution in [-0.2, 0) is 9.63 Å². The van der Waals surface area contributed by atoms with E-state index in [2.05, 4.69) is 22.6 Å². The SMILES string of the molecule is CCC(C)NC(=O)CON=C1c2ccccc2-c2ccccc21. The Balaban J connectivity index is 1.79. The summed E-state index contributed by atoms with van der Waals surface area (Å²) in [6, 6.07) is 16.3. The normalized spacial score (nSPS) is 13.0. The first-order valence-electron chi connectivity index (χ1n) is 7.89. The molecule has 1 aliphatic rings. The van der Waals surface area contributed by atoms with E-state index in [-0.39, 0.29) is 18.6 Å². The average molecular weight is 308 g/mol. The molecule has 0 fully saturated rings. The van der Waals surface area contributed by atoms with E-state index in [4.69, 9.17) is 4.84 Å². The maximum Gasteiger partial charge on any atom is 0.260 e. The third kappa shape index (κ3) is 3.11. The lowest BCUT2D eigenvalue weighted by Gasteiger charge is -2.10. The Morgan fingerprint density at radius 1 is 1.04 bits per heavy atom. The maximum absolute atomic E-state index is 11.8. The van der Waals surface area contributed by atoms with Gasteiger partial charge in [-0.05, 0) is 24.5 Å². The molecule has 3 rings (SSSR count). The molecule has 0 spiro atoms. The summed E-state index contributed by atoms with van der Waals surface area (Å²) in [5, 5.41) is 7.09. The summed E-state index contributed by atoms with van der Waals surface area (Å²) < 4.78 is 0. The summed E-state index contributed by atoms with van der Waals surface area (Å²) >= 11 is 0. The van der Waals surface area contributed by atoms with Crippen LogP contribution in [0.15, 0.2) is 53.7 Å². The van der Waals surface area contributed by atoms with Gasteiger partial charge < -0.3 is 10.2 Å². The second-order valence-electron chi connectivity index (χ2n) is 5.68. The van der Waals surface area contributed by atoms with Crippen molar-refractivity contribution in [3.63, 3.8) is 0 Å². The monoisotopic (exact) mass is 308 g/mol. The minimum Gasteiger partial charge on any atom is -0.385 e. The van der Waals surface area contributed by atoms with Crippen molar-refractivity contribution in [1.29, 1.82) is 0 Å². The molecule has 0 aliphatic heterocycles. The minimum absolute atomic E-state index is 0.0713. The van der Waals surface area contributed by atoms with Crippen LogP contribution in [0.25, 0.3) is 11.1 Å². The van der Waals surface area contributed by atoms with Crippen molar-refractivity contribution in [3.8, 4) is 11.1 Å². The highest BCUT2D eigenvalue weighted by Gasteiger charge is 2.24. The zero-order valence-electron chi connectivity index (χ0n) is 13.4. The molecule has 0 bridgehead atoms. The molecule has 23 heavy (non-hydrogen) atoms. The fraction of sp³-hybridized carbons (Fsp3) is 0.263. The quantitative estimate of drug-likeness (QED) is 0.735. The molecule has 0 saturated carbocycles. The molecule has 0 aromatic heterocycles. The van der Waals surface area contributed by atoms with Crippen LogP contribution in [0.5, 0.6) is 0 Å². The van der Waals surface area contributed by atoms with Crippen LogP contribution < -0.4 is 5.32 Å². The Morgan fingerprint density at radius 3 is 2.09 bits per heavy atom. The molecule has 0 radical (unpaired) electrons. The van der Waals surface area contributed by atoms with E-state index >= 15 is 0 Å². The molecule has 2 aromatic carbocycles. The van der Waals surface area contributed by atoms with Gasteiger partial charge in [0.2, 0.25) is 0 Å². The molecule has 0 heterocycles. The van der Waals surface area contributed by atoms with Gasteiger partial charge in [0.25, 0.3) is 5.91 Å². The molecular formula is C19H20N2O2. The van der Waals surface area contributed by atoms with Crippen molar-refractivity contribution in [2.75, 3.05) is 6.61 Å². The van der Waals surface area contributed by atoms with Gasteiger partial charge in [-0.25, -0.2) is 0 Å². The fourth-order valence-corrected chi connectivity index (χ4v) is 2.67. The molecule has 1 N–H and O–H groups in total. The predicted molar refractivity (Wildman–Crippen MR) is 91.4 cm³/mol. The third-order valence-corrected chi connectivity index (χ3v) is 4.03. The molecule has 0 saturated heterocycles. The summed E-state index contributed by atoms with van der Waals surface area (Å²) in [5.41, 5.74) is 5.16. The van der Waals surface area contributed by atoms with E-state index in [1.807, 2.05) is 50.2 Å². The fourth-order valence-electron chi connectivity index (χ4n) is 2.67. The van der Waals surface area contributed by atoms with Crippen LogP contribution in [0.3, 0.4) is 0 Å². The molecule has 1 aliphatic carbocycles. The Bertz CT molecular complexity index is 705. The van der Waals surface area contributed by atoms with E-state index in [0.717, 1.165) is 34.4 Å². The van der Waals surface area contributed by atoms with Crippen molar-refractivity contribution in [2.45, 2.75) is 26.3 Å². The number of hydrogen-bond acceptors (Lipinski definition) is 3. The summed E-state index contributed by atoms with van der Waals surface area (Å²) in [6.07, 6.45) is 0.890. The van der Waals surface area contributed by atoms with Crippen molar-refractivity contribution in [3.05, 3.63) is 59.7 Å². The number of carbonyl (C=O) groups excluding carboxylic acids is 1. The van der Waals surface area contributed by atoms with E-state index in [1.54, 1.807) is 0 Å². The molecule has 118 valence electrons. The lowest BCUT2D eigenvalue weighted by atomic mass is 10.1. The van der Waals surface area contributed by atoms with E-state index < -0.39 is 0 Å². The number of carbonyl (C=O) groups is 1. The summed E-state index contributed by atoms with van der Waals surface area (Å²) in [6.45, 7) is 3.92. The summed E-state index contributed by atoms with van der Waals surface area (Å²) in [7, 11) is 0. The molecule has 4 heteroatoms. The van der Waals surface area contributed by atoms with Crippen LogP contribution in [0.4, 0.5) is 0 Å². The lowest BCUT2D eigenvalue weighted by molar-refractivity contribution is -0.126. The molecule has 1 amide bonds. The van der Waals surface area contributed by atoms with E-state index in [1.165, 1.54) is 0 Å². The number of oxime groups is 1. The Hall–Kier alpha value is -2.62. The van der Waals surface area contributed by atoms with Gasteiger partial charge in [0.15, 0.2) is 6.61 Å². The minimum atomic E-state index is -0.150. The first-order valence-corrected chi connectivity index (χ1v) is 7.89. The highest BCUT2D eigenvalue weighted by Crippen LogP contribution is 2.36. The second-order valence-corrected chi connectivity index (χ2v) is 5.68. The van der Waals surface area contributed by atoms with Crippen molar-refractivity contribution in [1.82, 2.24) is 5.32 Å². The third-order valence-electron chi connectivity index (χ3n) is 4.03. The highest BCUT2D eigenvalue weighted by molar-refractivity contribution is 6.24. The Kier molecular flexibility index (Phi) is 4.42. The summed E-state index contributed by atoms with van der Waals surface area (Å²) in [5.74, 6) is -0.150. The predicted octanol–water partition coefficient (Wildman–Crippen LogP) is 3.35. The number of nitrogens with one attached hydrogen (secondary N) is 1. The van der Waals surface area contributed by atoms with Crippen LogP contribution >= 0.6 is 0 Å². The van der Waals surface area contributed by atoms with Crippen molar-refractivity contribution in [2.24, 2.45) is 5.16 Å². The number of nitrogens with zero attached hydrogens (tertiary/aromatic N) is 1. The number of amides is 1. The Labute approximate surface area is 136 Å². The molecule has 2 aromatic rings. The van der Waals surface area contributed by atoms with Gasteiger partial charge in [0, 0.05) is 17.2 Å². The maximum atomic E-state index is 11.8. The summed E-state index contributed by atoms with van der Waals surface area (Å²) in [4.78, 5) is 17.1. The standard InChI is InChI=1S/C19H20N2O2/c1-3-13(2)20-18(22)12-23-21-19-16-10-6-4-8-14(16)15-9-5-7-11-17(15)19/h4-11,13H,3,12H2,1-2H3,(H,20,22). The van der Waals surface area contributed by atoms with Gasteiger partial charge in [0.05, 0.1) is 0 Å². The molecule has 4 nitrogen and oxygen atoms in total. The number of fused-ring (bicyclic) bond motifs is 3. The van der Waals surface area contributed by atoms with Crippen LogP contribution in [0.1, 0.15) is 31.4 Å². The van der Waals surface area contributed by atoms with Crippen molar-refractivity contribution < 1.29 is 9.63 Å². The first kappa shape index (κ1) is 15.3. The highest BCUT2D eigenvalue weighted by atomic mass is 16.6. The topological polar surface area (TPSA) is 50.7 Å². The van der Waals surface area contributed by atoms with Gasteiger partial charge in [-0.15, -0.1) is 0 Å². The van der Waals surface area contributed by atoms with Crippen LogP contribution in [0, 0.1) is 0 Å². The van der Waals surface area contributed by atoms with Crippen LogP contribution in [-0.4, -0.2) is 24.3 Å². The molecular weight excluding hydrogens is 288 g/mol. The zero-order chi connectivity index (χ0) is 16.2. The first-order chi connectivity index (χ1) is 11.2. The molecule has 1 unspecified atom stereocenters. The molecule has 1 atom stereocenters. The van der Waals surface area contributed by atoms with Crippen molar-refractivity contribution >= 4 is 11.6 Å². The van der Waals surface area contributed by atoms with Gasteiger partial charge in [-0.2, -0.15) is 0 Å². The Morgan fingerprint density at radius 2 is 1.57 bits per heavy atom. The zero-order valence-corrected chi connectivity index (χ0v) is 13.4. The van der Waals surface area contributed by atoms with E-state index in [9.17, 15) is 4.79 Å². The number of hydrogen-bond donors (Lipinski definition) is 1. The van der Waals surface area contributed by atoms with Gasteiger partial charge >= 0.3 is 0 Å². The van der Waals surface area contributed by atoms with Gasteiger partial charge in [-0.3, -0.25) is 4.79 Å².